The summed E-state index contributed by atoms with van der Waals surface area (Å²) in [5.41, 5.74) is 4.12. The van der Waals surface area contributed by atoms with Gasteiger partial charge in [0.05, 0.1) is 0 Å². The molecule has 0 nitrogen and oxygen atoms in total. The third kappa shape index (κ3) is 3.38. The first-order valence-electron chi connectivity index (χ1n) is 4.32. The maximum Gasteiger partial charge on any atom is 3.00 e. The molecule has 15 heavy (non-hydrogen) atoms. The minimum atomic E-state index is 0. The molecule has 0 atom stereocenters. The molecule has 0 heterocycles. The van der Waals surface area contributed by atoms with E-state index < -0.39 is 0 Å². The van der Waals surface area contributed by atoms with Gasteiger partial charge in [0.15, 0.2) is 0 Å². The van der Waals surface area contributed by atoms with Crippen molar-refractivity contribution in [3.05, 3.63) is 41.0 Å². The van der Waals surface area contributed by atoms with Crippen molar-refractivity contribution in [2.24, 2.45) is 0 Å². The van der Waals surface area contributed by atoms with Crippen molar-refractivity contribution in [3.8, 4) is 0 Å². The molecule has 0 aliphatic heterocycles. The van der Waals surface area contributed by atoms with E-state index in [0.717, 1.165) is 0 Å². The molecule has 2 aromatic carbocycles. The second-order valence-corrected chi connectivity index (χ2v) is 3.56. The molecular weight excluding hydrogens is 306 g/mol. The van der Waals surface area contributed by atoms with E-state index in [-0.39, 0.29) is 51.0 Å². The van der Waals surface area contributed by atoms with Crippen LogP contribution in [-0.4, -0.2) is 0 Å². The van der Waals surface area contributed by atoms with Crippen LogP contribution in [0.15, 0.2) is 24.3 Å². The first kappa shape index (κ1) is 17.7. The summed E-state index contributed by atoms with van der Waals surface area (Å²) in [5, 5.41) is 2.82. The van der Waals surface area contributed by atoms with E-state index >= 15 is 0 Å². The van der Waals surface area contributed by atoms with E-state index in [1.165, 1.54) is 27.5 Å². The molecule has 2 rings (SSSR count). The average molecular weight is 319 g/mol. The Bertz CT molecular complexity index is 393. The van der Waals surface area contributed by atoms with E-state index in [4.69, 9.17) is 0 Å². The van der Waals surface area contributed by atoms with Gasteiger partial charge in [0.2, 0.25) is 0 Å². The molecule has 0 amide bonds. The summed E-state index contributed by atoms with van der Waals surface area (Å²) in [6, 6.07) is 8.91. The molecule has 1 radical (unpaired) electrons. The summed E-state index contributed by atoms with van der Waals surface area (Å²) >= 11 is 0. The molecule has 0 saturated carbocycles. The van der Waals surface area contributed by atoms with Gasteiger partial charge in [0, 0.05) is 0 Å². The third-order valence-corrected chi connectivity index (χ3v) is 2.47. The van der Waals surface area contributed by atoms with Crippen molar-refractivity contribution >= 4 is 10.8 Å². The van der Waals surface area contributed by atoms with Gasteiger partial charge in [0.25, 0.3) is 0 Å². The second kappa shape index (κ2) is 6.79. The summed E-state index contributed by atoms with van der Waals surface area (Å²) in [4.78, 5) is 0. The fourth-order valence-electron chi connectivity index (χ4n) is 1.73. The molecule has 79 valence electrons. The topological polar surface area (TPSA) is 0 Å². The van der Waals surface area contributed by atoms with Crippen LogP contribution in [0.25, 0.3) is 10.8 Å². The monoisotopic (exact) mass is 317 g/mol. The van der Waals surface area contributed by atoms with Crippen LogP contribution in [0.4, 0.5) is 0 Å². The Hall–Kier alpha value is 0.293. The van der Waals surface area contributed by atoms with E-state index in [0.29, 0.717) is 0 Å². The van der Waals surface area contributed by atoms with Crippen LogP contribution in [0.3, 0.4) is 0 Å². The summed E-state index contributed by atoms with van der Waals surface area (Å²) in [6.45, 7) is 6.49. The fourth-order valence-corrected chi connectivity index (χ4v) is 1.73. The smallest absolute Gasteiger partial charge is 1.00 e. The Morgan fingerprint density at radius 2 is 1.47 bits per heavy atom. The molecule has 2 aromatic rings. The predicted octanol–water partition coefficient (Wildman–Crippen LogP) is -2.51. The zero-order valence-corrected chi connectivity index (χ0v) is 13.0. The molecule has 0 aliphatic carbocycles. The van der Waals surface area contributed by atoms with Crippen LogP contribution in [0.1, 0.15) is 16.7 Å². The average Bonchev–Trinajstić information content (AvgIpc) is 2.41. The van der Waals surface area contributed by atoms with Gasteiger partial charge in [-0.2, -0.15) is 6.07 Å². The first-order valence-corrected chi connectivity index (χ1v) is 4.32. The SMILES string of the molecule is Cc1cc2c(C)ccc(C)c2[cH-]1.[Cl-].[Cl-].[Zr+3]. The minimum absolute atomic E-state index is 0. The Balaban J connectivity index is 0. The molecule has 0 N–H and O–H groups in total. The van der Waals surface area contributed by atoms with Crippen molar-refractivity contribution < 1.29 is 51.0 Å². The molecule has 0 bridgehead atoms. The standard InChI is InChI=1S/C12H13.2ClH.Zr/c1-8-6-11-9(2)4-5-10(3)12(11)7-8;;;/h4-7H,1-3H3;2*1H;/q-1;;;+3/p-2. The molecule has 0 spiro atoms. The van der Waals surface area contributed by atoms with Crippen molar-refractivity contribution in [1.82, 2.24) is 0 Å². The van der Waals surface area contributed by atoms with Crippen LogP contribution < -0.4 is 24.8 Å². The van der Waals surface area contributed by atoms with Gasteiger partial charge in [-0.05, 0) is 6.92 Å². The van der Waals surface area contributed by atoms with Gasteiger partial charge in [-0.1, -0.05) is 25.5 Å². The molecule has 0 saturated heterocycles. The zero-order valence-electron chi connectivity index (χ0n) is 9.07. The number of hydrogen-bond acceptors (Lipinski definition) is 0. The quantitative estimate of drug-likeness (QED) is 0.471. The molecular formula is C12H13Cl2Zr. The normalized spacial score (nSPS) is 8.73. The van der Waals surface area contributed by atoms with Crippen molar-refractivity contribution in [3.63, 3.8) is 0 Å². The van der Waals surface area contributed by atoms with E-state index in [1.807, 2.05) is 0 Å². The van der Waals surface area contributed by atoms with Crippen LogP contribution in [0, 0.1) is 20.8 Å². The van der Waals surface area contributed by atoms with Gasteiger partial charge in [0.1, 0.15) is 0 Å². The van der Waals surface area contributed by atoms with Crippen molar-refractivity contribution in [2.75, 3.05) is 0 Å². The van der Waals surface area contributed by atoms with Gasteiger partial charge in [-0.3, -0.25) is 0 Å². The van der Waals surface area contributed by atoms with Crippen LogP contribution >= 0.6 is 0 Å². The van der Waals surface area contributed by atoms with Crippen LogP contribution in [-0.2, 0) is 26.2 Å². The number of fused-ring (bicyclic) bond motifs is 1. The molecule has 0 fully saturated rings. The first-order chi connectivity index (χ1) is 5.68. The zero-order chi connectivity index (χ0) is 8.72. The minimum Gasteiger partial charge on any atom is -1.00 e. The Labute approximate surface area is 123 Å². The van der Waals surface area contributed by atoms with Gasteiger partial charge < -0.3 is 24.8 Å². The molecule has 3 heteroatoms. The number of rotatable bonds is 0. The predicted molar refractivity (Wildman–Crippen MR) is 53.8 cm³/mol. The van der Waals surface area contributed by atoms with E-state index in [1.54, 1.807) is 0 Å². The number of halogens is 2. The van der Waals surface area contributed by atoms with Gasteiger partial charge in [-0.25, -0.2) is 0 Å². The molecule has 0 aromatic heterocycles. The van der Waals surface area contributed by atoms with Crippen molar-refractivity contribution in [1.29, 1.82) is 0 Å². The third-order valence-electron chi connectivity index (χ3n) is 2.47. The van der Waals surface area contributed by atoms with Crippen molar-refractivity contribution in [2.45, 2.75) is 20.8 Å². The summed E-state index contributed by atoms with van der Waals surface area (Å²) < 4.78 is 0. The Morgan fingerprint density at radius 3 is 2.00 bits per heavy atom. The van der Waals surface area contributed by atoms with Crippen LogP contribution in [0.5, 0.6) is 0 Å². The number of hydrogen-bond donors (Lipinski definition) is 0. The fraction of sp³-hybridized carbons (Fsp3) is 0.250. The number of aryl methyl sites for hydroxylation is 3. The molecule has 0 unspecified atom stereocenters. The summed E-state index contributed by atoms with van der Waals surface area (Å²) in [6.07, 6.45) is 0. The van der Waals surface area contributed by atoms with E-state index in [9.17, 15) is 0 Å². The Kier molecular flexibility index (Phi) is 8.00. The number of benzene rings is 1. The maximum atomic E-state index is 2.26. The largest absolute Gasteiger partial charge is 3.00 e. The maximum absolute atomic E-state index is 2.26. The van der Waals surface area contributed by atoms with Gasteiger partial charge in [-0.15, -0.1) is 34.0 Å². The summed E-state index contributed by atoms with van der Waals surface area (Å²) in [5.74, 6) is 0. The van der Waals surface area contributed by atoms with Crippen LogP contribution in [0.2, 0.25) is 0 Å². The van der Waals surface area contributed by atoms with E-state index in [2.05, 4.69) is 45.0 Å². The summed E-state index contributed by atoms with van der Waals surface area (Å²) in [7, 11) is 0. The molecule has 0 aliphatic rings. The second-order valence-electron chi connectivity index (χ2n) is 3.56. The Morgan fingerprint density at radius 1 is 0.933 bits per heavy atom. The van der Waals surface area contributed by atoms with Gasteiger partial charge >= 0.3 is 26.2 Å².